The Bertz CT molecular complexity index is 777. The van der Waals surface area contributed by atoms with Gasteiger partial charge in [0.25, 0.3) is 11.7 Å². The van der Waals surface area contributed by atoms with Crippen LogP contribution in [0.2, 0.25) is 0 Å². The van der Waals surface area contributed by atoms with Gasteiger partial charge >= 0.3 is 5.97 Å². The monoisotopic (exact) mass is 481 g/mol. The molecule has 0 aromatic carbocycles. The third-order valence-electron chi connectivity index (χ3n) is 7.28. The topological polar surface area (TPSA) is 113 Å². The van der Waals surface area contributed by atoms with Gasteiger partial charge < -0.3 is 24.6 Å². The number of Topliss-reactive ketones (excluding diaryl/α,β-unsaturated/α-hetero) is 1. The van der Waals surface area contributed by atoms with Crippen molar-refractivity contribution in [3.63, 3.8) is 0 Å². The molecule has 1 amide bonds. The molecule has 2 rings (SSSR count). The molecule has 2 N–H and O–H groups in total. The second kappa shape index (κ2) is 11.8. The van der Waals surface area contributed by atoms with E-state index in [2.05, 4.69) is 0 Å². The summed E-state index contributed by atoms with van der Waals surface area (Å²) >= 11 is 0. The highest BCUT2D eigenvalue weighted by Crippen LogP contribution is 2.35. The van der Waals surface area contributed by atoms with Crippen LogP contribution >= 0.6 is 0 Å². The predicted octanol–water partition coefficient (Wildman–Crippen LogP) is 2.99. The molecule has 2 saturated heterocycles. The van der Waals surface area contributed by atoms with E-state index in [-0.39, 0.29) is 24.5 Å². The maximum absolute atomic E-state index is 13.2. The summed E-state index contributed by atoms with van der Waals surface area (Å²) in [6, 6.07) is -0.885. The fraction of sp³-hybridized carbons (Fsp3) is 0.808. The van der Waals surface area contributed by atoms with E-state index in [1.165, 1.54) is 4.90 Å². The van der Waals surface area contributed by atoms with E-state index >= 15 is 0 Å². The molecule has 1 unspecified atom stereocenters. The standard InChI is InChI=1S/C26H43NO7/c1-8-20-12-11-18(6)26(32,34-20)23(29)24(30)27-13-9-10-21(27)25(31)33-22(15(2)3)17(5)14-16(4)19(7)28/h14-16,18-22,28,32H,8-13H2,1-7H3/b17-14+/t16-,18-,19+,20?,21+,22+,26-/m1/s1. The molecule has 2 aliphatic heterocycles. The average Bonchev–Trinajstić information content (AvgIpc) is 3.27. The number of aliphatic hydroxyl groups excluding tert-OH is 1. The van der Waals surface area contributed by atoms with Gasteiger partial charge in [0.2, 0.25) is 5.79 Å². The summed E-state index contributed by atoms with van der Waals surface area (Å²) < 4.78 is 11.5. The number of hydrogen-bond acceptors (Lipinski definition) is 7. The zero-order chi connectivity index (χ0) is 25.8. The first-order valence-electron chi connectivity index (χ1n) is 12.7. The molecular weight excluding hydrogens is 438 g/mol. The molecule has 0 aromatic heterocycles. The molecule has 0 aromatic rings. The number of rotatable bonds is 9. The molecule has 194 valence electrons. The fourth-order valence-electron chi connectivity index (χ4n) is 4.77. The van der Waals surface area contributed by atoms with Crippen molar-refractivity contribution >= 4 is 17.7 Å². The third-order valence-corrected chi connectivity index (χ3v) is 7.28. The van der Waals surface area contributed by atoms with Gasteiger partial charge in [0, 0.05) is 18.4 Å². The zero-order valence-electron chi connectivity index (χ0n) is 21.7. The molecule has 0 spiro atoms. The van der Waals surface area contributed by atoms with Crippen LogP contribution in [0.5, 0.6) is 0 Å². The summed E-state index contributed by atoms with van der Waals surface area (Å²) in [7, 11) is 0. The van der Waals surface area contributed by atoms with Crippen molar-refractivity contribution in [3.05, 3.63) is 11.6 Å². The summed E-state index contributed by atoms with van der Waals surface area (Å²) in [5, 5.41) is 20.8. The van der Waals surface area contributed by atoms with Gasteiger partial charge in [-0.1, -0.05) is 40.7 Å². The number of amides is 1. The molecule has 0 aliphatic carbocycles. The number of carbonyl (C=O) groups excluding carboxylic acids is 3. The SMILES string of the molecule is CCC1CC[C@@H](C)[C@](O)(C(=O)C(=O)N2CCC[C@H]2C(=O)O[C@H](/C(C)=C/[C@@H](C)[C@H](C)O)C(C)C)O1. The lowest BCUT2D eigenvalue weighted by Gasteiger charge is -2.40. The quantitative estimate of drug-likeness (QED) is 0.296. The first kappa shape index (κ1) is 28.5. The van der Waals surface area contributed by atoms with Gasteiger partial charge in [-0.15, -0.1) is 0 Å². The minimum absolute atomic E-state index is 0.0169. The Morgan fingerprint density at radius 2 is 1.82 bits per heavy atom. The van der Waals surface area contributed by atoms with Gasteiger partial charge in [0.05, 0.1) is 12.2 Å². The lowest BCUT2D eigenvalue weighted by atomic mass is 9.86. The average molecular weight is 482 g/mol. The Labute approximate surface area is 203 Å². The molecule has 0 saturated carbocycles. The molecule has 2 fully saturated rings. The van der Waals surface area contributed by atoms with E-state index in [4.69, 9.17) is 9.47 Å². The molecule has 0 bridgehead atoms. The molecule has 8 heteroatoms. The number of ether oxygens (including phenoxy) is 2. The highest BCUT2D eigenvalue weighted by molar-refractivity contribution is 6.39. The zero-order valence-corrected chi connectivity index (χ0v) is 21.7. The van der Waals surface area contributed by atoms with Gasteiger partial charge in [-0.05, 0) is 57.4 Å². The first-order chi connectivity index (χ1) is 15.8. The Kier molecular flexibility index (Phi) is 9.86. The van der Waals surface area contributed by atoms with Gasteiger partial charge in [-0.3, -0.25) is 9.59 Å². The second-order valence-corrected chi connectivity index (χ2v) is 10.4. The largest absolute Gasteiger partial charge is 0.456 e. The van der Waals surface area contributed by atoms with Crippen LogP contribution in [0.25, 0.3) is 0 Å². The maximum Gasteiger partial charge on any atom is 0.329 e. The van der Waals surface area contributed by atoms with Crippen molar-refractivity contribution in [2.75, 3.05) is 6.54 Å². The Balaban J connectivity index is 2.17. The fourth-order valence-corrected chi connectivity index (χ4v) is 4.77. The summed E-state index contributed by atoms with van der Waals surface area (Å²) in [5.41, 5.74) is 0.827. The van der Waals surface area contributed by atoms with Crippen LogP contribution in [0.1, 0.15) is 80.6 Å². The Morgan fingerprint density at radius 1 is 1.18 bits per heavy atom. The van der Waals surface area contributed by atoms with E-state index < -0.39 is 47.6 Å². The summed E-state index contributed by atoms with van der Waals surface area (Å²) in [4.78, 5) is 40.7. The number of likely N-dealkylation sites (tertiary alicyclic amines) is 1. The van der Waals surface area contributed by atoms with Crippen molar-refractivity contribution < 1.29 is 34.1 Å². The Morgan fingerprint density at radius 3 is 2.38 bits per heavy atom. The molecule has 0 radical (unpaired) electrons. The third kappa shape index (κ3) is 6.26. The first-order valence-corrected chi connectivity index (χ1v) is 12.7. The van der Waals surface area contributed by atoms with Crippen LogP contribution in [-0.4, -0.2) is 69.5 Å². The number of nitrogens with zero attached hydrogens (tertiary/aromatic N) is 1. The van der Waals surface area contributed by atoms with Crippen molar-refractivity contribution in [1.29, 1.82) is 0 Å². The molecule has 2 heterocycles. The van der Waals surface area contributed by atoms with Crippen LogP contribution in [0, 0.1) is 17.8 Å². The maximum atomic E-state index is 13.2. The number of carbonyl (C=O) groups is 3. The number of hydrogen-bond donors (Lipinski definition) is 2. The van der Waals surface area contributed by atoms with Crippen molar-refractivity contribution in [2.24, 2.45) is 17.8 Å². The van der Waals surface area contributed by atoms with E-state index in [9.17, 15) is 24.6 Å². The van der Waals surface area contributed by atoms with E-state index in [1.54, 1.807) is 13.8 Å². The lowest BCUT2D eigenvalue weighted by Crippen LogP contribution is -2.59. The Hall–Kier alpha value is -1.77. The van der Waals surface area contributed by atoms with Gasteiger partial charge in [0.15, 0.2) is 0 Å². The summed E-state index contributed by atoms with van der Waals surface area (Å²) in [5.74, 6) is -5.30. The van der Waals surface area contributed by atoms with Gasteiger partial charge in [0.1, 0.15) is 12.1 Å². The van der Waals surface area contributed by atoms with Gasteiger partial charge in [-0.25, -0.2) is 4.79 Å². The van der Waals surface area contributed by atoms with Crippen molar-refractivity contribution in [2.45, 2.75) is 111 Å². The van der Waals surface area contributed by atoms with Crippen molar-refractivity contribution in [1.82, 2.24) is 4.90 Å². The molecular formula is C26H43NO7. The van der Waals surface area contributed by atoms with Crippen molar-refractivity contribution in [3.8, 4) is 0 Å². The van der Waals surface area contributed by atoms with Crippen LogP contribution < -0.4 is 0 Å². The smallest absolute Gasteiger partial charge is 0.329 e. The van der Waals surface area contributed by atoms with Crippen LogP contribution in [0.15, 0.2) is 11.6 Å². The molecule has 7 atom stereocenters. The highest BCUT2D eigenvalue weighted by atomic mass is 16.6. The van der Waals surface area contributed by atoms with E-state index in [1.807, 2.05) is 40.7 Å². The van der Waals surface area contributed by atoms with Crippen LogP contribution in [0.4, 0.5) is 0 Å². The minimum Gasteiger partial charge on any atom is -0.456 e. The van der Waals surface area contributed by atoms with Crippen LogP contribution in [0.3, 0.4) is 0 Å². The lowest BCUT2D eigenvalue weighted by molar-refractivity contribution is -0.262. The molecule has 2 aliphatic rings. The van der Waals surface area contributed by atoms with E-state index in [0.717, 1.165) is 12.0 Å². The molecule has 8 nitrogen and oxygen atoms in total. The number of aliphatic hydroxyl groups is 2. The summed E-state index contributed by atoms with van der Waals surface area (Å²) in [6.07, 6.45) is 3.43. The number of ketones is 1. The van der Waals surface area contributed by atoms with Crippen LogP contribution in [-0.2, 0) is 23.9 Å². The normalized spacial score (nSPS) is 30.7. The molecule has 34 heavy (non-hydrogen) atoms. The predicted molar refractivity (Wildman–Crippen MR) is 128 cm³/mol. The van der Waals surface area contributed by atoms with E-state index in [0.29, 0.717) is 25.7 Å². The highest BCUT2D eigenvalue weighted by Gasteiger charge is 2.52. The second-order valence-electron chi connectivity index (χ2n) is 10.4. The minimum atomic E-state index is -2.18. The number of esters is 1. The van der Waals surface area contributed by atoms with Gasteiger partial charge in [-0.2, -0.15) is 0 Å². The summed E-state index contributed by atoms with van der Waals surface area (Å²) in [6.45, 7) is 13.2.